The van der Waals surface area contributed by atoms with Crippen LogP contribution in [0.4, 0.5) is 23.2 Å². The first-order valence-electron chi connectivity index (χ1n) is 9.27. The van der Waals surface area contributed by atoms with Crippen LogP contribution in [0.2, 0.25) is 5.02 Å². The largest absolute Gasteiger partial charge is 0.496 e. The number of nitrogens with zero attached hydrogens (tertiary/aromatic N) is 1. The van der Waals surface area contributed by atoms with Crippen molar-refractivity contribution in [3.63, 3.8) is 0 Å². The first-order valence-corrected chi connectivity index (χ1v) is 9.64. The predicted octanol–water partition coefficient (Wildman–Crippen LogP) is 6.13. The molecule has 1 unspecified atom stereocenters. The number of carbonyl (C=O) groups excluding carboxylic acids is 1. The molecule has 1 aliphatic heterocycles. The zero-order valence-electron chi connectivity index (χ0n) is 16.2. The Morgan fingerprint density at radius 1 is 1.00 bits per heavy atom. The lowest BCUT2D eigenvalue weighted by atomic mass is 9.88. The molecule has 1 aliphatic rings. The topological polar surface area (TPSA) is 29.5 Å². The summed E-state index contributed by atoms with van der Waals surface area (Å²) in [5, 5.41) is 0.267. The van der Waals surface area contributed by atoms with Crippen LogP contribution in [-0.4, -0.2) is 13.0 Å². The monoisotopic (exact) mass is 449 g/mol. The Bertz CT molecular complexity index is 1150. The molecule has 3 aromatic carbocycles. The fourth-order valence-electron chi connectivity index (χ4n) is 3.77. The normalized spacial score (nSPS) is 18.3. The smallest absolute Gasteiger partial charge is 0.416 e. The molecule has 160 valence electrons. The van der Waals surface area contributed by atoms with Gasteiger partial charge in [0.15, 0.2) is 0 Å². The molecule has 31 heavy (non-hydrogen) atoms. The molecule has 0 N–H and O–H groups in total. The number of carbonyl (C=O) groups is 1. The van der Waals surface area contributed by atoms with E-state index in [0.717, 1.165) is 23.1 Å². The average Bonchev–Trinajstić information content (AvgIpc) is 2.96. The van der Waals surface area contributed by atoms with Gasteiger partial charge in [0.05, 0.1) is 24.9 Å². The molecule has 0 aromatic heterocycles. The number of benzene rings is 3. The lowest BCUT2D eigenvalue weighted by Gasteiger charge is -2.23. The molecule has 8 heteroatoms. The van der Waals surface area contributed by atoms with Crippen molar-refractivity contribution in [2.24, 2.45) is 0 Å². The van der Waals surface area contributed by atoms with Gasteiger partial charge in [-0.05, 0) is 35.9 Å². The second-order valence-corrected chi connectivity index (χ2v) is 7.55. The molecule has 1 atom stereocenters. The highest BCUT2D eigenvalue weighted by Crippen LogP contribution is 2.51. The van der Waals surface area contributed by atoms with Crippen LogP contribution < -0.4 is 9.64 Å². The summed E-state index contributed by atoms with van der Waals surface area (Å²) < 4.78 is 61.9. The van der Waals surface area contributed by atoms with Crippen LogP contribution in [0.25, 0.3) is 0 Å². The van der Waals surface area contributed by atoms with Crippen LogP contribution in [0.5, 0.6) is 5.75 Å². The van der Waals surface area contributed by atoms with Crippen LogP contribution in [-0.2, 0) is 23.2 Å². The fraction of sp³-hybridized carbons (Fsp3) is 0.174. The van der Waals surface area contributed by atoms with Crippen LogP contribution in [0.1, 0.15) is 22.3 Å². The maximum Gasteiger partial charge on any atom is 0.416 e. The average molecular weight is 450 g/mol. The van der Waals surface area contributed by atoms with Crippen molar-refractivity contribution in [3.05, 3.63) is 94.0 Å². The van der Waals surface area contributed by atoms with E-state index >= 15 is 4.39 Å². The molecule has 3 nitrogen and oxygen atoms in total. The third kappa shape index (κ3) is 3.53. The van der Waals surface area contributed by atoms with E-state index in [0.29, 0.717) is 5.56 Å². The fourth-order valence-corrected chi connectivity index (χ4v) is 3.93. The van der Waals surface area contributed by atoms with Gasteiger partial charge in [-0.2, -0.15) is 13.2 Å². The molecule has 3 aromatic rings. The highest BCUT2D eigenvalue weighted by Gasteiger charge is 2.55. The Morgan fingerprint density at radius 3 is 2.32 bits per heavy atom. The van der Waals surface area contributed by atoms with E-state index in [9.17, 15) is 18.0 Å². The summed E-state index contributed by atoms with van der Waals surface area (Å²) in [5.74, 6) is -0.970. The summed E-state index contributed by atoms with van der Waals surface area (Å²) in [6, 6.07) is 15.3. The molecule has 4 rings (SSSR count). The number of hydrogen-bond acceptors (Lipinski definition) is 2. The molecule has 0 bridgehead atoms. The van der Waals surface area contributed by atoms with Gasteiger partial charge < -0.3 is 9.64 Å². The quantitative estimate of drug-likeness (QED) is 0.449. The summed E-state index contributed by atoms with van der Waals surface area (Å²) in [4.78, 5) is 14.4. The first-order chi connectivity index (χ1) is 14.7. The van der Waals surface area contributed by atoms with Gasteiger partial charge in [-0.1, -0.05) is 48.0 Å². The van der Waals surface area contributed by atoms with Crippen LogP contribution >= 0.6 is 11.6 Å². The number of halogens is 5. The summed E-state index contributed by atoms with van der Waals surface area (Å²) >= 11 is 5.97. The van der Waals surface area contributed by atoms with E-state index in [4.69, 9.17) is 16.3 Å². The van der Waals surface area contributed by atoms with Gasteiger partial charge in [0, 0.05) is 16.1 Å². The van der Waals surface area contributed by atoms with Crippen LogP contribution in [0.3, 0.4) is 0 Å². The molecule has 0 aliphatic carbocycles. The number of methoxy groups -OCH3 is 1. The number of alkyl halides is 4. The second-order valence-electron chi connectivity index (χ2n) is 7.11. The molecule has 0 saturated carbocycles. The molecule has 0 fully saturated rings. The zero-order valence-corrected chi connectivity index (χ0v) is 17.0. The number of rotatable bonds is 4. The van der Waals surface area contributed by atoms with Gasteiger partial charge in [-0.15, -0.1) is 0 Å². The van der Waals surface area contributed by atoms with Crippen LogP contribution in [0.15, 0.2) is 66.7 Å². The van der Waals surface area contributed by atoms with Gasteiger partial charge in [0.25, 0.3) is 5.91 Å². The van der Waals surface area contributed by atoms with E-state index in [1.165, 1.54) is 25.3 Å². The predicted molar refractivity (Wildman–Crippen MR) is 109 cm³/mol. The third-order valence-corrected chi connectivity index (χ3v) is 5.48. The number of ether oxygens (including phenoxy) is 1. The summed E-state index contributed by atoms with van der Waals surface area (Å²) in [7, 11) is 1.30. The van der Waals surface area contributed by atoms with E-state index in [1.807, 2.05) is 0 Å². The lowest BCUT2D eigenvalue weighted by molar-refractivity contribution is -0.137. The molecule has 0 saturated heterocycles. The van der Waals surface area contributed by atoms with Crippen molar-refractivity contribution in [1.29, 1.82) is 0 Å². The van der Waals surface area contributed by atoms with Crippen molar-refractivity contribution in [2.45, 2.75) is 18.4 Å². The standard InChI is InChI=1S/C23H16ClF4NO2/c1-31-20-12-16(24)8-10-18(20)22(25)17-9-7-15(23(26,27)28)11-19(17)29(21(22)30)13-14-5-3-2-4-6-14/h2-12H,13H2,1H3. The summed E-state index contributed by atoms with van der Waals surface area (Å²) in [5.41, 5.74) is -3.49. The second kappa shape index (κ2) is 7.57. The van der Waals surface area contributed by atoms with Crippen molar-refractivity contribution >= 4 is 23.2 Å². The number of fused-ring (bicyclic) bond motifs is 1. The van der Waals surface area contributed by atoms with Gasteiger partial charge >= 0.3 is 6.18 Å². The Balaban J connectivity index is 1.92. The Kier molecular flexibility index (Phi) is 5.17. The van der Waals surface area contributed by atoms with Gasteiger partial charge in [-0.25, -0.2) is 4.39 Å². The van der Waals surface area contributed by atoms with Gasteiger partial charge in [-0.3, -0.25) is 4.79 Å². The summed E-state index contributed by atoms with van der Waals surface area (Å²) in [6.07, 6.45) is -4.64. The Labute approximate surface area is 180 Å². The van der Waals surface area contributed by atoms with E-state index in [-0.39, 0.29) is 34.1 Å². The van der Waals surface area contributed by atoms with Crippen molar-refractivity contribution in [1.82, 2.24) is 0 Å². The van der Waals surface area contributed by atoms with E-state index in [2.05, 4.69) is 0 Å². The SMILES string of the molecule is COc1cc(Cl)ccc1C1(F)C(=O)N(Cc2ccccc2)c2cc(C(F)(F)F)ccc21. The third-order valence-electron chi connectivity index (χ3n) is 5.25. The Morgan fingerprint density at radius 2 is 1.68 bits per heavy atom. The highest BCUT2D eigenvalue weighted by atomic mass is 35.5. The number of amides is 1. The van der Waals surface area contributed by atoms with Crippen molar-refractivity contribution in [2.75, 3.05) is 12.0 Å². The van der Waals surface area contributed by atoms with E-state index in [1.54, 1.807) is 30.3 Å². The molecule has 0 radical (unpaired) electrons. The Hall–Kier alpha value is -3.06. The maximum absolute atomic E-state index is 16.6. The minimum Gasteiger partial charge on any atom is -0.496 e. The first kappa shape index (κ1) is 21.2. The highest BCUT2D eigenvalue weighted by molar-refractivity contribution is 6.30. The maximum atomic E-state index is 16.6. The molecular formula is C23H16ClF4NO2. The minimum atomic E-state index is -4.64. The van der Waals surface area contributed by atoms with Gasteiger partial charge in [0.2, 0.25) is 5.67 Å². The van der Waals surface area contributed by atoms with Crippen LogP contribution in [0, 0.1) is 0 Å². The van der Waals surface area contributed by atoms with Crippen molar-refractivity contribution < 1.29 is 27.1 Å². The number of hydrogen-bond donors (Lipinski definition) is 0. The summed E-state index contributed by atoms with van der Waals surface area (Å²) in [6.45, 7) is -0.0877. The van der Waals surface area contributed by atoms with Gasteiger partial charge in [0.1, 0.15) is 5.75 Å². The zero-order chi connectivity index (χ0) is 22.4. The molecule has 1 amide bonds. The minimum absolute atomic E-state index is 0.0239. The molecule has 0 spiro atoms. The van der Waals surface area contributed by atoms with E-state index < -0.39 is 23.3 Å². The van der Waals surface area contributed by atoms with Crippen molar-refractivity contribution in [3.8, 4) is 5.75 Å². The molecule has 1 heterocycles. The lowest BCUT2D eigenvalue weighted by Crippen LogP contribution is -2.38. The molecular weight excluding hydrogens is 434 g/mol. The number of anilines is 1.